The molecule has 1 fully saturated rings. The third kappa shape index (κ3) is 4.32. The first-order chi connectivity index (χ1) is 13.7. The Bertz CT molecular complexity index is 1010. The van der Waals surface area contributed by atoms with Crippen LogP contribution in [0.4, 0.5) is 5.69 Å². The Labute approximate surface area is 164 Å². The van der Waals surface area contributed by atoms with Crippen LogP contribution < -0.4 is 9.47 Å². The van der Waals surface area contributed by atoms with Crippen LogP contribution in [0.15, 0.2) is 42.1 Å². The van der Waals surface area contributed by atoms with Crippen molar-refractivity contribution >= 4 is 23.7 Å². The molecule has 0 spiro atoms. The molecule has 10 nitrogen and oxygen atoms in total. The van der Waals surface area contributed by atoms with Gasteiger partial charge in [0.1, 0.15) is 5.57 Å². The summed E-state index contributed by atoms with van der Waals surface area (Å²) in [4.78, 5) is 38.5. The minimum Gasteiger partial charge on any atom is -0.493 e. The Morgan fingerprint density at radius 1 is 1.14 bits per heavy atom. The molecule has 2 aromatic rings. The first-order valence-electron chi connectivity index (χ1n) is 8.34. The topological polar surface area (TPSA) is 127 Å². The van der Waals surface area contributed by atoms with E-state index in [0.717, 1.165) is 0 Å². The Morgan fingerprint density at radius 2 is 1.83 bits per heavy atom. The number of rotatable bonds is 5. The number of hydrogen-bond donors (Lipinski definition) is 0. The van der Waals surface area contributed by atoms with Crippen molar-refractivity contribution in [1.29, 1.82) is 0 Å². The first-order valence-corrected chi connectivity index (χ1v) is 8.34. The van der Waals surface area contributed by atoms with Gasteiger partial charge in [-0.05, 0) is 29.8 Å². The van der Waals surface area contributed by atoms with E-state index in [1.807, 2.05) is 0 Å². The van der Waals surface area contributed by atoms with Crippen molar-refractivity contribution in [1.82, 2.24) is 4.98 Å². The van der Waals surface area contributed by atoms with Gasteiger partial charge in [-0.3, -0.25) is 10.1 Å². The average Bonchev–Trinajstić information content (AvgIpc) is 2.65. The minimum atomic E-state index is -1.34. The summed E-state index contributed by atoms with van der Waals surface area (Å²) < 4.78 is 20.9. The number of benzene rings is 1. The van der Waals surface area contributed by atoms with E-state index in [-0.39, 0.29) is 28.6 Å². The summed E-state index contributed by atoms with van der Waals surface area (Å²) in [6.07, 6.45) is 2.64. The second-order valence-corrected chi connectivity index (χ2v) is 6.33. The maximum atomic E-state index is 12.1. The molecule has 1 saturated heterocycles. The van der Waals surface area contributed by atoms with Gasteiger partial charge in [0, 0.05) is 26.1 Å². The highest BCUT2D eigenvalue weighted by molar-refractivity contribution is 6.18. The van der Waals surface area contributed by atoms with Crippen LogP contribution in [-0.4, -0.2) is 34.7 Å². The SMILES string of the molecule is COc1cc(C=C2C(=O)OC(C)(C)OC2=O)ccc1Oc1ncccc1[N+](=O)[O-]. The van der Waals surface area contributed by atoms with E-state index >= 15 is 0 Å². The Balaban J connectivity index is 1.91. The van der Waals surface area contributed by atoms with E-state index in [0.29, 0.717) is 5.56 Å². The van der Waals surface area contributed by atoms with Crippen LogP contribution in [0.25, 0.3) is 6.08 Å². The van der Waals surface area contributed by atoms with E-state index < -0.39 is 22.6 Å². The number of aromatic nitrogens is 1. The fourth-order valence-corrected chi connectivity index (χ4v) is 2.51. The highest BCUT2D eigenvalue weighted by Gasteiger charge is 2.38. The molecule has 0 amide bonds. The van der Waals surface area contributed by atoms with Gasteiger partial charge in [-0.1, -0.05) is 6.07 Å². The average molecular weight is 400 g/mol. The predicted molar refractivity (Wildman–Crippen MR) is 98.2 cm³/mol. The molecule has 1 aliphatic heterocycles. The second-order valence-electron chi connectivity index (χ2n) is 6.33. The fraction of sp³-hybridized carbons (Fsp3) is 0.211. The molecule has 150 valence electrons. The van der Waals surface area contributed by atoms with Gasteiger partial charge in [0.05, 0.1) is 12.0 Å². The molecule has 3 rings (SSSR count). The maximum absolute atomic E-state index is 12.1. The molecule has 1 aromatic heterocycles. The summed E-state index contributed by atoms with van der Waals surface area (Å²) >= 11 is 0. The lowest BCUT2D eigenvalue weighted by Crippen LogP contribution is -2.41. The standard InChI is InChI=1S/C19H16N2O8/c1-19(2)28-17(22)12(18(23)29-19)9-11-6-7-14(15(10-11)26-3)27-16-13(21(24)25)5-4-8-20-16/h4-10H,1-3H3. The number of cyclic esters (lactones) is 2. The monoisotopic (exact) mass is 400 g/mol. The third-order valence-electron chi connectivity index (χ3n) is 3.77. The number of hydrogen-bond acceptors (Lipinski definition) is 9. The van der Waals surface area contributed by atoms with Gasteiger partial charge < -0.3 is 18.9 Å². The summed E-state index contributed by atoms with van der Waals surface area (Å²) in [6.45, 7) is 2.90. The minimum absolute atomic E-state index is 0.159. The van der Waals surface area contributed by atoms with Gasteiger partial charge >= 0.3 is 17.6 Å². The van der Waals surface area contributed by atoms with Gasteiger partial charge in [0.15, 0.2) is 11.5 Å². The molecule has 0 N–H and O–H groups in total. The molecule has 1 aromatic carbocycles. The Morgan fingerprint density at radius 3 is 2.45 bits per heavy atom. The number of nitro groups is 1. The van der Waals surface area contributed by atoms with Crippen LogP contribution in [-0.2, 0) is 19.1 Å². The normalized spacial score (nSPS) is 15.2. The number of nitrogens with zero attached hydrogens (tertiary/aromatic N) is 2. The molecule has 2 heterocycles. The van der Waals surface area contributed by atoms with Gasteiger partial charge in [0.2, 0.25) is 0 Å². The predicted octanol–water partition coefficient (Wildman–Crippen LogP) is 3.01. The molecular formula is C19H16N2O8. The smallest absolute Gasteiger partial charge is 0.348 e. The number of esters is 2. The number of carbonyl (C=O) groups is 2. The van der Waals surface area contributed by atoms with Crippen molar-refractivity contribution in [2.75, 3.05) is 7.11 Å². The molecule has 0 unspecified atom stereocenters. The molecular weight excluding hydrogens is 384 g/mol. The van der Waals surface area contributed by atoms with E-state index in [9.17, 15) is 19.7 Å². The maximum Gasteiger partial charge on any atom is 0.348 e. The van der Waals surface area contributed by atoms with Gasteiger partial charge in [0.25, 0.3) is 11.7 Å². The number of ether oxygens (including phenoxy) is 4. The molecule has 0 bridgehead atoms. The summed E-state index contributed by atoms with van der Waals surface area (Å²) in [7, 11) is 1.37. The van der Waals surface area contributed by atoms with Crippen molar-refractivity contribution in [2.24, 2.45) is 0 Å². The van der Waals surface area contributed by atoms with Crippen molar-refractivity contribution < 1.29 is 33.5 Å². The molecule has 1 aliphatic rings. The largest absolute Gasteiger partial charge is 0.493 e. The van der Waals surface area contributed by atoms with Crippen LogP contribution in [0, 0.1) is 10.1 Å². The lowest BCUT2D eigenvalue weighted by Gasteiger charge is -2.29. The van der Waals surface area contributed by atoms with Crippen LogP contribution in [0.3, 0.4) is 0 Å². The molecule has 0 aliphatic carbocycles. The zero-order valence-electron chi connectivity index (χ0n) is 15.7. The van der Waals surface area contributed by atoms with Gasteiger partial charge in [-0.15, -0.1) is 0 Å². The van der Waals surface area contributed by atoms with E-state index in [2.05, 4.69) is 4.98 Å². The number of carbonyl (C=O) groups excluding carboxylic acids is 2. The van der Waals surface area contributed by atoms with Gasteiger partial charge in [-0.25, -0.2) is 14.6 Å². The molecule has 29 heavy (non-hydrogen) atoms. The lowest BCUT2D eigenvalue weighted by molar-refractivity contribution is -0.386. The lowest BCUT2D eigenvalue weighted by atomic mass is 10.1. The number of pyridine rings is 1. The number of methoxy groups -OCH3 is 1. The van der Waals surface area contributed by atoms with E-state index in [4.69, 9.17) is 18.9 Å². The summed E-state index contributed by atoms with van der Waals surface area (Å²) in [5.41, 5.74) is -0.162. The van der Waals surface area contributed by atoms with Crippen LogP contribution in [0.5, 0.6) is 17.4 Å². The zero-order valence-corrected chi connectivity index (χ0v) is 15.7. The first kappa shape index (κ1) is 19.8. The summed E-state index contributed by atoms with van der Waals surface area (Å²) in [5.74, 6) is -2.80. The van der Waals surface area contributed by atoms with E-state index in [1.54, 1.807) is 0 Å². The highest BCUT2D eigenvalue weighted by Crippen LogP contribution is 2.36. The second kappa shape index (κ2) is 7.58. The molecule has 0 radical (unpaired) electrons. The molecule has 10 heteroatoms. The van der Waals surface area contributed by atoms with Crippen molar-refractivity contribution in [3.8, 4) is 17.4 Å². The Kier molecular flexibility index (Phi) is 5.18. The zero-order chi connectivity index (χ0) is 21.2. The van der Waals surface area contributed by atoms with Crippen LogP contribution in [0.1, 0.15) is 19.4 Å². The van der Waals surface area contributed by atoms with Crippen LogP contribution in [0.2, 0.25) is 0 Å². The van der Waals surface area contributed by atoms with Crippen molar-refractivity contribution in [3.63, 3.8) is 0 Å². The highest BCUT2D eigenvalue weighted by atomic mass is 16.7. The van der Waals surface area contributed by atoms with Gasteiger partial charge in [-0.2, -0.15) is 0 Å². The quantitative estimate of drug-likeness (QED) is 0.245. The van der Waals surface area contributed by atoms with Crippen LogP contribution >= 0.6 is 0 Å². The summed E-state index contributed by atoms with van der Waals surface area (Å²) in [6, 6.07) is 7.15. The Hall–Kier alpha value is -3.95. The van der Waals surface area contributed by atoms with Crippen molar-refractivity contribution in [3.05, 3.63) is 57.8 Å². The molecule has 0 saturated carbocycles. The fourth-order valence-electron chi connectivity index (χ4n) is 2.51. The molecule has 0 atom stereocenters. The van der Waals surface area contributed by atoms with E-state index in [1.165, 1.54) is 63.6 Å². The summed E-state index contributed by atoms with van der Waals surface area (Å²) in [5, 5.41) is 11.1. The third-order valence-corrected chi connectivity index (χ3v) is 3.77. The van der Waals surface area contributed by atoms with Crippen molar-refractivity contribution in [2.45, 2.75) is 19.6 Å².